The summed E-state index contributed by atoms with van der Waals surface area (Å²) in [5.41, 5.74) is 3.66. The third-order valence-corrected chi connectivity index (χ3v) is 11.8. The van der Waals surface area contributed by atoms with Gasteiger partial charge in [0.25, 0.3) is 0 Å². The predicted octanol–water partition coefficient (Wildman–Crippen LogP) is 8.24. The van der Waals surface area contributed by atoms with Gasteiger partial charge in [0.15, 0.2) is 11.3 Å². The van der Waals surface area contributed by atoms with Crippen molar-refractivity contribution in [1.29, 1.82) is 0 Å². The number of carbonyl (C=O) groups is 2. The normalized spacial score (nSPS) is 24.4. The first-order chi connectivity index (χ1) is 20.0. The third-order valence-electron chi connectivity index (χ3n) is 7.92. The first-order valence-electron chi connectivity index (χ1n) is 13.3. The SMILES string of the molecule is Cc1ccc([C@@H]2[C@@H](C(=O)c3ccc(Cl)cc3)N3c4ccccc4S[C@@H]3[C@]23N=C(SCc2ccccc2)SC3=O)cc1. The molecule has 0 amide bonds. The van der Waals surface area contributed by atoms with Crippen molar-refractivity contribution in [1.82, 2.24) is 0 Å². The molecule has 204 valence electrons. The van der Waals surface area contributed by atoms with Crippen molar-refractivity contribution in [3.05, 3.63) is 130 Å². The number of hydrogen-bond donors (Lipinski definition) is 0. The highest BCUT2D eigenvalue weighted by Gasteiger charge is 2.70. The Balaban J connectivity index is 1.39. The van der Waals surface area contributed by atoms with Crippen LogP contribution in [-0.2, 0) is 10.5 Å². The minimum absolute atomic E-state index is 0.000323. The summed E-state index contributed by atoms with van der Waals surface area (Å²) >= 11 is 10.7. The maximum atomic E-state index is 14.5. The molecule has 4 aromatic rings. The number of carbonyl (C=O) groups excluding carboxylic acids is 2. The lowest BCUT2D eigenvalue weighted by Crippen LogP contribution is -2.45. The number of benzene rings is 4. The largest absolute Gasteiger partial charge is 0.344 e. The monoisotopic (exact) mass is 612 g/mol. The number of hydrogen-bond acceptors (Lipinski definition) is 7. The molecule has 0 radical (unpaired) electrons. The average molecular weight is 613 g/mol. The number of fused-ring (bicyclic) bond motifs is 4. The van der Waals surface area contributed by atoms with E-state index in [0.717, 1.165) is 31.8 Å². The van der Waals surface area contributed by atoms with Gasteiger partial charge in [-0.2, -0.15) is 0 Å². The quantitative estimate of drug-likeness (QED) is 0.212. The van der Waals surface area contributed by atoms with Crippen LogP contribution in [0, 0.1) is 6.92 Å². The van der Waals surface area contributed by atoms with E-state index < -0.39 is 17.5 Å². The number of aryl methyl sites for hydroxylation is 1. The maximum absolute atomic E-state index is 14.5. The van der Waals surface area contributed by atoms with Crippen LogP contribution in [0.2, 0.25) is 5.02 Å². The Labute approximate surface area is 257 Å². The Morgan fingerprint density at radius 1 is 0.951 bits per heavy atom. The summed E-state index contributed by atoms with van der Waals surface area (Å²) in [6.45, 7) is 2.04. The Bertz CT molecular complexity index is 1680. The van der Waals surface area contributed by atoms with Crippen LogP contribution in [0.15, 0.2) is 113 Å². The van der Waals surface area contributed by atoms with Gasteiger partial charge >= 0.3 is 0 Å². The molecule has 3 aliphatic rings. The van der Waals surface area contributed by atoms with Gasteiger partial charge in [0.05, 0.1) is 5.69 Å². The van der Waals surface area contributed by atoms with Crippen molar-refractivity contribution < 1.29 is 9.59 Å². The van der Waals surface area contributed by atoms with Crippen LogP contribution in [0.4, 0.5) is 5.69 Å². The van der Waals surface area contributed by atoms with Crippen molar-refractivity contribution in [3.8, 4) is 0 Å². The second-order valence-corrected chi connectivity index (χ2v) is 14.2. The molecule has 7 rings (SSSR count). The van der Waals surface area contributed by atoms with Crippen molar-refractivity contribution >= 4 is 67.8 Å². The zero-order valence-electron chi connectivity index (χ0n) is 22.1. The lowest BCUT2D eigenvalue weighted by Gasteiger charge is -2.30. The fraction of sp³-hybridized carbons (Fsp3) is 0.182. The number of ketones is 1. The molecule has 41 heavy (non-hydrogen) atoms. The zero-order chi connectivity index (χ0) is 28.1. The Kier molecular flexibility index (Phi) is 7.02. The average Bonchev–Trinajstić information content (AvgIpc) is 3.62. The van der Waals surface area contributed by atoms with Crippen LogP contribution in [0.3, 0.4) is 0 Å². The van der Waals surface area contributed by atoms with Gasteiger partial charge in [-0.25, -0.2) is 0 Å². The summed E-state index contributed by atoms with van der Waals surface area (Å²) in [6, 6.07) is 33.0. The maximum Gasteiger partial charge on any atom is 0.227 e. The first kappa shape index (κ1) is 26.9. The van der Waals surface area contributed by atoms with E-state index in [1.807, 2.05) is 37.3 Å². The van der Waals surface area contributed by atoms with E-state index in [9.17, 15) is 9.59 Å². The standard InChI is InChI=1S/C33H25ClN2O2S3/c1-20-11-13-22(14-12-20)27-28(29(37)23-15-17-24(34)18-16-23)36-25-9-5-6-10-26(25)40-30(36)33(27)31(38)41-32(35-33)39-19-21-7-3-2-4-8-21/h2-18,27-28,30H,19H2,1H3/t27-,28+,30-,33-/m1/s1. The lowest BCUT2D eigenvalue weighted by atomic mass is 9.77. The number of Topliss-reactive ketones (excluding diaryl/α,β-unsaturated/α-hetero) is 1. The molecule has 4 atom stereocenters. The molecule has 0 aromatic heterocycles. The van der Waals surface area contributed by atoms with Crippen LogP contribution in [0.1, 0.15) is 33.0 Å². The molecule has 3 heterocycles. The molecule has 8 heteroatoms. The van der Waals surface area contributed by atoms with Crippen molar-refractivity contribution in [2.75, 3.05) is 4.90 Å². The van der Waals surface area contributed by atoms with Crippen molar-refractivity contribution in [3.63, 3.8) is 0 Å². The molecule has 4 aromatic carbocycles. The summed E-state index contributed by atoms with van der Waals surface area (Å²) < 4.78 is 0.757. The molecule has 1 saturated heterocycles. The van der Waals surface area contributed by atoms with Crippen LogP contribution < -0.4 is 4.90 Å². The highest BCUT2D eigenvalue weighted by molar-refractivity contribution is 8.45. The fourth-order valence-corrected chi connectivity index (χ4v) is 9.89. The van der Waals surface area contributed by atoms with Gasteiger partial charge in [0, 0.05) is 27.2 Å². The van der Waals surface area contributed by atoms with E-state index in [2.05, 4.69) is 53.4 Å². The van der Waals surface area contributed by atoms with Gasteiger partial charge in [-0.1, -0.05) is 107 Å². The number of nitrogens with zero attached hydrogens (tertiary/aromatic N) is 2. The third kappa shape index (κ3) is 4.54. The van der Waals surface area contributed by atoms with Crippen LogP contribution >= 0.6 is 46.9 Å². The highest BCUT2D eigenvalue weighted by Crippen LogP contribution is 2.63. The molecule has 3 aliphatic heterocycles. The van der Waals surface area contributed by atoms with E-state index in [1.54, 1.807) is 47.8 Å². The highest BCUT2D eigenvalue weighted by atomic mass is 35.5. The lowest BCUT2D eigenvalue weighted by molar-refractivity contribution is -0.115. The molecular weight excluding hydrogens is 588 g/mol. The second kappa shape index (κ2) is 10.7. The topological polar surface area (TPSA) is 49.7 Å². The summed E-state index contributed by atoms with van der Waals surface area (Å²) in [5.74, 6) is 0.219. The number of thioether (sulfide) groups is 3. The van der Waals surface area contributed by atoms with Crippen LogP contribution in [-0.4, -0.2) is 32.2 Å². The van der Waals surface area contributed by atoms with E-state index >= 15 is 0 Å². The van der Waals surface area contributed by atoms with E-state index in [0.29, 0.717) is 10.6 Å². The second-order valence-electron chi connectivity index (χ2n) is 10.4. The van der Waals surface area contributed by atoms with E-state index in [1.165, 1.54) is 17.3 Å². The molecule has 0 N–H and O–H groups in total. The van der Waals surface area contributed by atoms with Gasteiger partial charge in [-0.3, -0.25) is 14.6 Å². The number of aliphatic imine (C=N–C) groups is 1. The molecule has 1 spiro atoms. The van der Waals surface area contributed by atoms with Crippen LogP contribution in [0.5, 0.6) is 0 Å². The molecule has 4 nitrogen and oxygen atoms in total. The zero-order valence-corrected chi connectivity index (χ0v) is 25.3. The first-order valence-corrected chi connectivity index (χ1v) is 16.4. The Morgan fingerprint density at radius 3 is 2.41 bits per heavy atom. The van der Waals surface area contributed by atoms with Crippen molar-refractivity contribution in [2.24, 2.45) is 4.99 Å². The predicted molar refractivity (Wildman–Crippen MR) is 173 cm³/mol. The summed E-state index contributed by atoms with van der Waals surface area (Å²) in [4.78, 5) is 37.5. The van der Waals surface area contributed by atoms with Gasteiger partial charge in [0.1, 0.15) is 15.8 Å². The van der Waals surface area contributed by atoms with Gasteiger partial charge < -0.3 is 4.90 Å². The van der Waals surface area contributed by atoms with Crippen LogP contribution in [0.25, 0.3) is 0 Å². The van der Waals surface area contributed by atoms with Gasteiger partial charge in [-0.05, 0) is 66.2 Å². The summed E-state index contributed by atoms with van der Waals surface area (Å²) in [5, 5.41) is 0.231. The molecular formula is C33H25ClN2O2S3. The van der Waals surface area contributed by atoms with Gasteiger partial charge in [-0.15, -0.1) is 0 Å². The van der Waals surface area contributed by atoms with Crippen molar-refractivity contribution in [2.45, 2.75) is 40.4 Å². The number of rotatable bonds is 5. The summed E-state index contributed by atoms with van der Waals surface area (Å²) in [7, 11) is 0. The summed E-state index contributed by atoms with van der Waals surface area (Å²) in [6.07, 6.45) is 0. The molecule has 0 bridgehead atoms. The Hall–Kier alpha value is -2.97. The smallest absolute Gasteiger partial charge is 0.227 e. The number of halogens is 1. The van der Waals surface area contributed by atoms with E-state index in [-0.39, 0.29) is 16.3 Å². The number of anilines is 1. The molecule has 0 aliphatic carbocycles. The molecule has 0 saturated carbocycles. The number of para-hydroxylation sites is 1. The molecule has 1 fully saturated rings. The minimum Gasteiger partial charge on any atom is -0.344 e. The molecule has 0 unspecified atom stereocenters. The fourth-order valence-electron chi connectivity index (χ4n) is 6.01. The minimum atomic E-state index is -1.13. The Morgan fingerprint density at radius 2 is 1.66 bits per heavy atom. The van der Waals surface area contributed by atoms with Gasteiger partial charge in [0.2, 0.25) is 5.12 Å². The van der Waals surface area contributed by atoms with E-state index in [4.69, 9.17) is 16.6 Å².